The van der Waals surface area contributed by atoms with Crippen LogP contribution >= 0.6 is 11.6 Å². The molecule has 1 aliphatic heterocycles. The van der Waals surface area contributed by atoms with Crippen molar-refractivity contribution in [1.82, 2.24) is 10.2 Å². The molecular formula is C24H30ClN3O3. The van der Waals surface area contributed by atoms with Crippen molar-refractivity contribution < 1.29 is 14.3 Å². The van der Waals surface area contributed by atoms with E-state index in [1.54, 1.807) is 24.3 Å². The van der Waals surface area contributed by atoms with Gasteiger partial charge < -0.3 is 15.4 Å². The molecule has 2 amide bonds. The summed E-state index contributed by atoms with van der Waals surface area (Å²) in [6, 6.07) is 13.8. The number of hydrogen-bond acceptors (Lipinski definition) is 4. The van der Waals surface area contributed by atoms with Crippen LogP contribution in [0.5, 0.6) is 0 Å². The van der Waals surface area contributed by atoms with Crippen molar-refractivity contribution in [3.05, 3.63) is 64.7 Å². The molecule has 2 aromatic carbocycles. The molecule has 0 spiro atoms. The van der Waals surface area contributed by atoms with Gasteiger partial charge in [-0.2, -0.15) is 0 Å². The Morgan fingerprint density at radius 3 is 2.29 bits per heavy atom. The summed E-state index contributed by atoms with van der Waals surface area (Å²) >= 11 is 5.89. The maximum atomic E-state index is 12.9. The van der Waals surface area contributed by atoms with Gasteiger partial charge in [0.25, 0.3) is 5.91 Å². The number of benzene rings is 2. The van der Waals surface area contributed by atoms with E-state index in [1.165, 1.54) is 5.56 Å². The maximum absolute atomic E-state index is 12.9. The Kier molecular flexibility index (Phi) is 8.46. The van der Waals surface area contributed by atoms with Gasteiger partial charge in [-0.05, 0) is 54.3 Å². The molecule has 0 aromatic heterocycles. The van der Waals surface area contributed by atoms with Crippen LogP contribution in [0.15, 0.2) is 48.5 Å². The highest BCUT2D eigenvalue weighted by atomic mass is 35.5. The molecular weight excluding hydrogens is 414 g/mol. The van der Waals surface area contributed by atoms with Gasteiger partial charge in [0.1, 0.15) is 6.04 Å². The minimum atomic E-state index is -0.629. The number of morpholine rings is 1. The van der Waals surface area contributed by atoms with E-state index >= 15 is 0 Å². The lowest BCUT2D eigenvalue weighted by Crippen LogP contribution is -2.44. The topological polar surface area (TPSA) is 70.7 Å². The molecule has 0 radical (unpaired) electrons. The largest absolute Gasteiger partial charge is 0.379 e. The van der Waals surface area contributed by atoms with E-state index in [0.717, 1.165) is 32.8 Å². The summed E-state index contributed by atoms with van der Waals surface area (Å²) in [7, 11) is 0. The van der Waals surface area contributed by atoms with Crippen LogP contribution in [0, 0.1) is 5.92 Å². The number of hydrogen-bond donors (Lipinski definition) is 2. The lowest BCUT2D eigenvalue weighted by Gasteiger charge is -2.26. The monoisotopic (exact) mass is 443 g/mol. The molecule has 0 unspecified atom stereocenters. The number of ether oxygens (including phenoxy) is 1. The lowest BCUT2D eigenvalue weighted by atomic mass is 10.0. The molecule has 6 nitrogen and oxygen atoms in total. The second-order valence-electron chi connectivity index (χ2n) is 8.24. The second-order valence-corrected chi connectivity index (χ2v) is 8.67. The van der Waals surface area contributed by atoms with Crippen molar-refractivity contribution in [2.45, 2.75) is 32.9 Å². The van der Waals surface area contributed by atoms with Gasteiger partial charge in [0.15, 0.2) is 0 Å². The van der Waals surface area contributed by atoms with Crippen LogP contribution < -0.4 is 10.6 Å². The van der Waals surface area contributed by atoms with Crippen LogP contribution in [0.4, 0.5) is 5.69 Å². The third-order valence-electron chi connectivity index (χ3n) is 5.17. The van der Waals surface area contributed by atoms with E-state index in [0.29, 0.717) is 22.7 Å². The van der Waals surface area contributed by atoms with Crippen LogP contribution in [-0.2, 0) is 16.1 Å². The van der Waals surface area contributed by atoms with E-state index in [1.807, 2.05) is 38.1 Å². The zero-order valence-corrected chi connectivity index (χ0v) is 18.8. The van der Waals surface area contributed by atoms with Crippen molar-refractivity contribution in [1.29, 1.82) is 0 Å². The van der Waals surface area contributed by atoms with Gasteiger partial charge in [-0.1, -0.05) is 37.6 Å². The van der Waals surface area contributed by atoms with Crippen LogP contribution in [0.25, 0.3) is 0 Å². The lowest BCUT2D eigenvalue weighted by molar-refractivity contribution is -0.118. The zero-order chi connectivity index (χ0) is 22.2. The highest BCUT2D eigenvalue weighted by Gasteiger charge is 2.23. The first-order valence-corrected chi connectivity index (χ1v) is 11.0. The molecule has 7 heteroatoms. The second kappa shape index (κ2) is 11.3. The minimum Gasteiger partial charge on any atom is -0.379 e. The predicted octanol–water partition coefficient (Wildman–Crippen LogP) is 3.96. The fourth-order valence-corrected chi connectivity index (χ4v) is 3.61. The Bertz CT molecular complexity index is 863. The number of nitrogens with one attached hydrogen (secondary N) is 2. The quantitative estimate of drug-likeness (QED) is 0.648. The van der Waals surface area contributed by atoms with Crippen molar-refractivity contribution >= 4 is 29.1 Å². The summed E-state index contributed by atoms with van der Waals surface area (Å²) in [6.07, 6.45) is 0.542. The molecule has 1 heterocycles. The third kappa shape index (κ3) is 7.35. The molecule has 3 rings (SSSR count). The molecule has 31 heavy (non-hydrogen) atoms. The third-order valence-corrected chi connectivity index (χ3v) is 5.42. The van der Waals surface area contributed by atoms with Gasteiger partial charge in [-0.15, -0.1) is 0 Å². The first kappa shape index (κ1) is 23.3. The number of amides is 2. The number of anilines is 1. The van der Waals surface area contributed by atoms with Crippen molar-refractivity contribution in [3.63, 3.8) is 0 Å². The number of carbonyl (C=O) groups excluding carboxylic acids is 2. The molecule has 2 aromatic rings. The Balaban J connectivity index is 1.60. The van der Waals surface area contributed by atoms with E-state index in [2.05, 4.69) is 15.5 Å². The van der Waals surface area contributed by atoms with Gasteiger partial charge in [0, 0.05) is 35.9 Å². The first-order chi connectivity index (χ1) is 14.9. The van der Waals surface area contributed by atoms with Gasteiger partial charge in [0.2, 0.25) is 5.91 Å². The minimum absolute atomic E-state index is 0.225. The summed E-state index contributed by atoms with van der Waals surface area (Å²) in [5.41, 5.74) is 2.37. The molecule has 1 fully saturated rings. The van der Waals surface area contributed by atoms with E-state index < -0.39 is 6.04 Å². The van der Waals surface area contributed by atoms with Gasteiger partial charge >= 0.3 is 0 Å². The Labute approximate surface area is 188 Å². The van der Waals surface area contributed by atoms with Gasteiger partial charge in [-0.3, -0.25) is 14.5 Å². The number of rotatable bonds is 8. The van der Waals surface area contributed by atoms with Crippen LogP contribution in [0.2, 0.25) is 5.02 Å². The number of halogens is 1. The zero-order valence-electron chi connectivity index (χ0n) is 18.1. The van der Waals surface area contributed by atoms with Gasteiger partial charge in [-0.25, -0.2) is 0 Å². The number of carbonyl (C=O) groups is 2. The smallest absolute Gasteiger partial charge is 0.251 e. The van der Waals surface area contributed by atoms with Crippen LogP contribution in [0.1, 0.15) is 36.2 Å². The predicted molar refractivity (Wildman–Crippen MR) is 123 cm³/mol. The Morgan fingerprint density at radius 1 is 1.03 bits per heavy atom. The summed E-state index contributed by atoms with van der Waals surface area (Å²) in [5.74, 6) is -0.271. The summed E-state index contributed by atoms with van der Waals surface area (Å²) < 4.78 is 5.39. The number of nitrogens with zero attached hydrogens (tertiary/aromatic N) is 1. The maximum Gasteiger partial charge on any atom is 0.251 e. The fraction of sp³-hybridized carbons (Fsp3) is 0.417. The summed E-state index contributed by atoms with van der Waals surface area (Å²) in [6.45, 7) is 8.32. The van der Waals surface area contributed by atoms with E-state index in [-0.39, 0.29) is 17.7 Å². The summed E-state index contributed by atoms with van der Waals surface area (Å²) in [5, 5.41) is 6.35. The highest BCUT2D eigenvalue weighted by Crippen LogP contribution is 2.15. The van der Waals surface area contributed by atoms with Gasteiger partial charge in [0.05, 0.1) is 13.2 Å². The average molecular weight is 444 g/mol. The fourth-order valence-electron chi connectivity index (χ4n) is 3.49. The molecule has 1 atom stereocenters. The Hall–Kier alpha value is -2.41. The SMILES string of the molecule is CC(C)C[C@@H](NC(=O)c1ccc(Cl)cc1)C(=O)Nc1ccc(CN2CCOCC2)cc1. The molecule has 0 saturated carbocycles. The van der Waals surface area contributed by atoms with E-state index in [4.69, 9.17) is 16.3 Å². The molecule has 0 aliphatic carbocycles. The van der Waals surface area contributed by atoms with E-state index in [9.17, 15) is 9.59 Å². The highest BCUT2D eigenvalue weighted by molar-refractivity contribution is 6.30. The van der Waals surface area contributed by atoms with Crippen molar-refractivity contribution in [3.8, 4) is 0 Å². The molecule has 2 N–H and O–H groups in total. The van der Waals surface area contributed by atoms with Crippen LogP contribution in [0.3, 0.4) is 0 Å². The molecule has 166 valence electrons. The van der Waals surface area contributed by atoms with Crippen molar-refractivity contribution in [2.75, 3.05) is 31.6 Å². The molecule has 0 bridgehead atoms. The first-order valence-electron chi connectivity index (χ1n) is 10.7. The molecule has 1 aliphatic rings. The standard InChI is InChI=1S/C24H30ClN3O3/c1-17(2)15-22(27-23(29)19-5-7-20(25)8-6-19)24(30)26-21-9-3-18(4-10-21)16-28-11-13-31-14-12-28/h3-10,17,22H,11-16H2,1-2H3,(H,26,30)(H,27,29)/t22-/m1/s1. The average Bonchev–Trinajstić information content (AvgIpc) is 2.75. The van der Waals surface area contributed by atoms with Crippen molar-refractivity contribution in [2.24, 2.45) is 5.92 Å². The Morgan fingerprint density at radius 2 is 1.68 bits per heavy atom. The molecule has 1 saturated heterocycles. The van der Waals surface area contributed by atoms with Crippen LogP contribution in [-0.4, -0.2) is 49.1 Å². The normalized spacial score (nSPS) is 15.5. The summed E-state index contributed by atoms with van der Waals surface area (Å²) in [4.78, 5) is 27.8.